The van der Waals surface area contributed by atoms with Crippen molar-refractivity contribution in [1.82, 2.24) is 10.3 Å². The van der Waals surface area contributed by atoms with E-state index < -0.39 is 0 Å². The molecule has 1 heterocycles. The number of methoxy groups -OCH3 is 1. The molecule has 1 rings (SSSR count). The molecule has 0 amide bonds. The molecule has 0 spiro atoms. The zero-order valence-electron chi connectivity index (χ0n) is 10.3. The molecule has 2 N–H and O–H groups in total. The van der Waals surface area contributed by atoms with E-state index in [1.54, 1.807) is 13.3 Å². The fraction of sp³-hybridized carbons (Fsp3) is 0.583. The van der Waals surface area contributed by atoms with Gasteiger partial charge in [-0.15, -0.1) is 0 Å². The molecular formula is C12H21N3O. The van der Waals surface area contributed by atoms with E-state index in [4.69, 9.17) is 4.74 Å². The Morgan fingerprint density at radius 1 is 1.50 bits per heavy atom. The van der Waals surface area contributed by atoms with Crippen LogP contribution < -0.4 is 10.6 Å². The third-order valence-electron chi connectivity index (χ3n) is 2.45. The largest absolute Gasteiger partial charge is 0.382 e. The van der Waals surface area contributed by atoms with E-state index in [-0.39, 0.29) is 6.10 Å². The van der Waals surface area contributed by atoms with Crippen molar-refractivity contribution >= 4 is 5.69 Å². The van der Waals surface area contributed by atoms with Crippen LogP contribution in [0, 0.1) is 0 Å². The van der Waals surface area contributed by atoms with Crippen molar-refractivity contribution in [2.24, 2.45) is 0 Å². The lowest BCUT2D eigenvalue weighted by Gasteiger charge is -2.14. The molecule has 0 aromatic carbocycles. The first kappa shape index (κ1) is 12.9. The van der Waals surface area contributed by atoms with Gasteiger partial charge in [-0.1, -0.05) is 6.92 Å². The second kappa shape index (κ2) is 7.19. The fourth-order valence-corrected chi connectivity index (χ4v) is 1.34. The Bertz CT molecular complexity index is 304. The van der Waals surface area contributed by atoms with E-state index in [1.165, 1.54) is 5.56 Å². The highest BCUT2D eigenvalue weighted by Gasteiger charge is 2.03. The van der Waals surface area contributed by atoms with Crippen LogP contribution in [0.2, 0.25) is 0 Å². The zero-order chi connectivity index (χ0) is 11.8. The third-order valence-corrected chi connectivity index (χ3v) is 2.45. The average Bonchev–Trinajstić information content (AvgIpc) is 2.34. The highest BCUT2D eigenvalue weighted by atomic mass is 16.5. The van der Waals surface area contributed by atoms with E-state index in [1.807, 2.05) is 19.2 Å². The maximum absolute atomic E-state index is 5.20. The molecule has 0 bridgehead atoms. The highest BCUT2D eigenvalue weighted by Crippen LogP contribution is 2.13. The Balaban J connectivity index is 2.56. The van der Waals surface area contributed by atoms with Crippen molar-refractivity contribution in [3.63, 3.8) is 0 Å². The third kappa shape index (κ3) is 4.16. The highest BCUT2D eigenvalue weighted by molar-refractivity contribution is 5.49. The van der Waals surface area contributed by atoms with Crippen molar-refractivity contribution in [2.75, 3.05) is 25.5 Å². The molecule has 4 heteroatoms. The first-order valence-electron chi connectivity index (χ1n) is 5.68. The Kier molecular flexibility index (Phi) is 5.82. The van der Waals surface area contributed by atoms with Crippen molar-refractivity contribution in [3.8, 4) is 0 Å². The molecule has 1 aromatic heterocycles. The molecule has 1 aromatic rings. The van der Waals surface area contributed by atoms with E-state index in [9.17, 15) is 0 Å². The quantitative estimate of drug-likeness (QED) is 0.737. The molecule has 0 fully saturated rings. The van der Waals surface area contributed by atoms with Gasteiger partial charge >= 0.3 is 0 Å². The summed E-state index contributed by atoms with van der Waals surface area (Å²) < 4.78 is 5.20. The Hall–Kier alpha value is -1.13. The summed E-state index contributed by atoms with van der Waals surface area (Å²) in [5.41, 5.74) is 2.31. The summed E-state index contributed by atoms with van der Waals surface area (Å²) in [4.78, 5) is 4.13. The van der Waals surface area contributed by atoms with Crippen LogP contribution in [0.15, 0.2) is 18.5 Å². The maximum atomic E-state index is 5.20. The Morgan fingerprint density at radius 3 is 3.00 bits per heavy atom. The molecule has 1 unspecified atom stereocenters. The van der Waals surface area contributed by atoms with E-state index >= 15 is 0 Å². The lowest BCUT2D eigenvalue weighted by molar-refractivity contribution is 0.129. The number of rotatable bonds is 7. The average molecular weight is 223 g/mol. The number of nitrogens with one attached hydrogen (secondary N) is 2. The standard InChI is InChI=1S/C12H21N3O/c1-4-13-8-11-9-14-6-5-12(11)15-7-10(2)16-3/h5-6,9-10,13H,4,7-8H2,1-3H3,(H,14,15). The van der Waals surface area contributed by atoms with Crippen LogP contribution in [0.25, 0.3) is 0 Å². The molecule has 0 aliphatic heterocycles. The van der Waals surface area contributed by atoms with Crippen molar-refractivity contribution in [1.29, 1.82) is 0 Å². The molecule has 16 heavy (non-hydrogen) atoms. The Labute approximate surface area is 97.4 Å². The van der Waals surface area contributed by atoms with Crippen molar-refractivity contribution < 1.29 is 4.74 Å². The van der Waals surface area contributed by atoms with E-state index in [0.717, 1.165) is 25.3 Å². The van der Waals surface area contributed by atoms with Crippen molar-refractivity contribution in [2.45, 2.75) is 26.5 Å². The molecule has 1 atom stereocenters. The zero-order valence-corrected chi connectivity index (χ0v) is 10.3. The van der Waals surface area contributed by atoms with Crippen molar-refractivity contribution in [3.05, 3.63) is 24.0 Å². The first-order valence-corrected chi connectivity index (χ1v) is 5.68. The van der Waals surface area contributed by atoms with Gasteiger partial charge in [0.05, 0.1) is 6.10 Å². The summed E-state index contributed by atoms with van der Waals surface area (Å²) in [6.07, 6.45) is 3.90. The maximum Gasteiger partial charge on any atom is 0.0715 e. The van der Waals surface area contributed by atoms with Crippen LogP contribution in [-0.4, -0.2) is 31.3 Å². The number of anilines is 1. The summed E-state index contributed by atoms with van der Waals surface area (Å²) in [6.45, 7) is 6.74. The van der Waals surface area contributed by atoms with E-state index in [2.05, 4.69) is 22.5 Å². The molecular weight excluding hydrogens is 202 g/mol. The summed E-state index contributed by atoms with van der Waals surface area (Å²) in [6, 6.07) is 2.00. The normalized spacial score (nSPS) is 12.4. The lowest BCUT2D eigenvalue weighted by atomic mass is 10.2. The Morgan fingerprint density at radius 2 is 2.31 bits per heavy atom. The van der Waals surface area contributed by atoms with Crippen LogP contribution in [0.4, 0.5) is 5.69 Å². The minimum Gasteiger partial charge on any atom is -0.382 e. The second-order valence-corrected chi connectivity index (χ2v) is 3.74. The minimum atomic E-state index is 0.208. The number of aromatic nitrogens is 1. The van der Waals surface area contributed by atoms with Gasteiger partial charge in [0.25, 0.3) is 0 Å². The number of pyridine rings is 1. The van der Waals surface area contributed by atoms with Gasteiger partial charge in [0, 0.05) is 43.8 Å². The number of hydrogen-bond acceptors (Lipinski definition) is 4. The van der Waals surface area contributed by atoms with Gasteiger partial charge in [-0.25, -0.2) is 0 Å². The fourth-order valence-electron chi connectivity index (χ4n) is 1.34. The van der Waals surface area contributed by atoms with Gasteiger partial charge in [-0.2, -0.15) is 0 Å². The molecule has 0 saturated carbocycles. The molecule has 4 nitrogen and oxygen atoms in total. The van der Waals surface area contributed by atoms with Gasteiger partial charge in [0.1, 0.15) is 0 Å². The minimum absolute atomic E-state index is 0.208. The summed E-state index contributed by atoms with van der Waals surface area (Å²) >= 11 is 0. The van der Waals surface area contributed by atoms with Crippen LogP contribution in [-0.2, 0) is 11.3 Å². The molecule has 90 valence electrons. The lowest BCUT2D eigenvalue weighted by Crippen LogP contribution is -2.20. The van der Waals surface area contributed by atoms with Crippen LogP contribution in [0.1, 0.15) is 19.4 Å². The van der Waals surface area contributed by atoms with E-state index in [0.29, 0.717) is 0 Å². The van der Waals surface area contributed by atoms with Gasteiger partial charge < -0.3 is 15.4 Å². The second-order valence-electron chi connectivity index (χ2n) is 3.74. The number of hydrogen-bond donors (Lipinski definition) is 2. The first-order chi connectivity index (χ1) is 7.77. The van der Waals surface area contributed by atoms with Gasteiger partial charge in [0.15, 0.2) is 0 Å². The number of ether oxygens (including phenoxy) is 1. The monoisotopic (exact) mass is 223 g/mol. The predicted molar refractivity (Wildman–Crippen MR) is 66.6 cm³/mol. The summed E-state index contributed by atoms with van der Waals surface area (Å²) in [5.74, 6) is 0. The topological polar surface area (TPSA) is 46.2 Å². The van der Waals surface area contributed by atoms with Crippen LogP contribution in [0.3, 0.4) is 0 Å². The van der Waals surface area contributed by atoms with Gasteiger partial charge in [-0.3, -0.25) is 4.98 Å². The van der Waals surface area contributed by atoms with Crippen LogP contribution >= 0.6 is 0 Å². The summed E-state index contributed by atoms with van der Waals surface area (Å²) in [5, 5.41) is 6.66. The molecule has 0 saturated heterocycles. The molecule has 0 radical (unpaired) electrons. The van der Waals surface area contributed by atoms with Gasteiger partial charge in [0.2, 0.25) is 0 Å². The van der Waals surface area contributed by atoms with Crippen LogP contribution in [0.5, 0.6) is 0 Å². The van der Waals surface area contributed by atoms with Gasteiger partial charge in [-0.05, 0) is 19.5 Å². The predicted octanol–water partition coefficient (Wildman–Crippen LogP) is 1.64. The number of nitrogens with zero attached hydrogens (tertiary/aromatic N) is 1. The molecule has 0 aliphatic rings. The molecule has 0 aliphatic carbocycles. The smallest absolute Gasteiger partial charge is 0.0715 e. The SMILES string of the molecule is CCNCc1cnccc1NCC(C)OC. The summed E-state index contributed by atoms with van der Waals surface area (Å²) in [7, 11) is 1.72.